The molecule has 0 aliphatic rings. The Hall–Kier alpha value is -2.43. The van der Waals surface area contributed by atoms with Gasteiger partial charge in [-0.3, -0.25) is 14.7 Å². The van der Waals surface area contributed by atoms with Crippen molar-refractivity contribution in [1.29, 1.82) is 0 Å². The van der Waals surface area contributed by atoms with Gasteiger partial charge in [-0.05, 0) is 12.1 Å². The molecule has 25 heavy (non-hydrogen) atoms. The number of anilines is 1. The first-order valence-electron chi connectivity index (χ1n) is 7.27. The number of aromatic nitrogens is 4. The summed E-state index contributed by atoms with van der Waals surface area (Å²) in [4.78, 5) is 16.6. The number of para-hydroxylation sites is 2. The first-order valence-corrected chi connectivity index (χ1v) is 9.07. The summed E-state index contributed by atoms with van der Waals surface area (Å²) in [6, 6.07) is 7.36. The Morgan fingerprint density at radius 1 is 1.40 bits per heavy atom. The number of rotatable bonds is 7. The molecule has 0 unspecified atom stereocenters. The third kappa shape index (κ3) is 3.98. The number of hydrogen-bond acceptors (Lipinski definition) is 8. The maximum absolute atomic E-state index is 12.6. The Kier molecular flexibility index (Phi) is 5.64. The van der Waals surface area contributed by atoms with E-state index in [2.05, 4.69) is 20.5 Å². The van der Waals surface area contributed by atoms with Crippen molar-refractivity contribution < 1.29 is 14.6 Å². The smallest absolute Gasteiger partial charge is 0.276 e. The number of carbonyl (C=O) groups excluding carboxylic acids is 1. The van der Waals surface area contributed by atoms with Crippen molar-refractivity contribution >= 4 is 34.1 Å². The summed E-state index contributed by atoms with van der Waals surface area (Å²) in [5.74, 6) is 0.815. The summed E-state index contributed by atoms with van der Waals surface area (Å²) in [5, 5.41) is 19.8. The third-order valence-corrected chi connectivity index (χ3v) is 5.11. The van der Waals surface area contributed by atoms with Crippen LogP contribution in [0.15, 0.2) is 41.1 Å². The van der Waals surface area contributed by atoms with Crippen molar-refractivity contribution in [3.63, 3.8) is 0 Å². The average molecular weight is 377 g/mol. The van der Waals surface area contributed by atoms with Crippen LogP contribution in [0.3, 0.4) is 0 Å². The molecule has 3 aromatic rings. The molecule has 2 N–H and O–H groups in total. The lowest BCUT2D eigenvalue weighted by Crippen LogP contribution is -2.16. The molecule has 0 aliphatic heterocycles. The number of aliphatic hydroxyl groups excluding tert-OH is 1. The topological polar surface area (TPSA) is 102 Å². The molecule has 0 saturated heterocycles. The zero-order valence-electron chi connectivity index (χ0n) is 13.2. The normalized spacial score (nSPS) is 10.6. The number of ether oxygens (including phenoxy) is 1. The first kappa shape index (κ1) is 17.4. The number of benzene rings is 1. The maximum Gasteiger partial charge on any atom is 0.276 e. The summed E-state index contributed by atoms with van der Waals surface area (Å²) >= 11 is 2.63. The van der Waals surface area contributed by atoms with Gasteiger partial charge < -0.3 is 9.84 Å². The van der Waals surface area contributed by atoms with E-state index < -0.39 is 0 Å². The lowest BCUT2D eigenvalue weighted by Gasteiger charge is -2.11. The van der Waals surface area contributed by atoms with Crippen molar-refractivity contribution in [2.45, 2.75) is 4.34 Å². The highest BCUT2D eigenvalue weighted by molar-refractivity contribution is 8.01. The third-order valence-electron chi connectivity index (χ3n) is 3.16. The molecular formula is C15H15N5O3S2. The monoisotopic (exact) mass is 377 g/mol. The fraction of sp³-hybridized carbons (Fsp3) is 0.200. The van der Waals surface area contributed by atoms with Gasteiger partial charge in [0.25, 0.3) is 5.91 Å². The van der Waals surface area contributed by atoms with Crippen LogP contribution < -0.4 is 10.1 Å². The minimum atomic E-state index is -0.349. The van der Waals surface area contributed by atoms with Crippen LogP contribution in [0.1, 0.15) is 10.5 Å². The number of nitrogens with one attached hydrogen (secondary N) is 1. The van der Waals surface area contributed by atoms with E-state index in [1.807, 2.05) is 24.3 Å². The van der Waals surface area contributed by atoms with Gasteiger partial charge in [0.2, 0.25) is 5.13 Å². The molecule has 130 valence electrons. The second-order valence-corrected chi connectivity index (χ2v) is 7.04. The Labute approximate surface area is 151 Å². The van der Waals surface area contributed by atoms with Crippen LogP contribution in [0.25, 0.3) is 5.69 Å². The van der Waals surface area contributed by atoms with Crippen LogP contribution in [0, 0.1) is 0 Å². The molecular weight excluding hydrogens is 362 g/mol. The Bertz CT molecular complexity index is 864. The average Bonchev–Trinajstić information content (AvgIpc) is 3.29. The van der Waals surface area contributed by atoms with Gasteiger partial charge in [-0.2, -0.15) is 0 Å². The van der Waals surface area contributed by atoms with Gasteiger partial charge in [-0.1, -0.05) is 35.2 Å². The highest BCUT2D eigenvalue weighted by atomic mass is 32.2. The van der Waals surface area contributed by atoms with E-state index in [1.54, 1.807) is 18.0 Å². The van der Waals surface area contributed by atoms with Gasteiger partial charge in [0.05, 0.1) is 31.9 Å². The number of thioether (sulfide) groups is 1. The van der Waals surface area contributed by atoms with Gasteiger partial charge in [0.15, 0.2) is 4.34 Å². The number of nitrogens with zero attached hydrogens (tertiary/aromatic N) is 4. The van der Waals surface area contributed by atoms with Crippen LogP contribution in [-0.4, -0.2) is 50.2 Å². The van der Waals surface area contributed by atoms with E-state index in [1.165, 1.54) is 29.3 Å². The highest BCUT2D eigenvalue weighted by Gasteiger charge is 2.17. The first-order chi connectivity index (χ1) is 12.2. The summed E-state index contributed by atoms with van der Waals surface area (Å²) in [5.41, 5.74) is 1.06. The Balaban J connectivity index is 1.80. The molecule has 0 fully saturated rings. The predicted molar refractivity (Wildman–Crippen MR) is 95.8 cm³/mol. The van der Waals surface area contributed by atoms with Gasteiger partial charge in [-0.25, -0.2) is 4.98 Å². The van der Waals surface area contributed by atoms with E-state index in [4.69, 9.17) is 9.84 Å². The Morgan fingerprint density at radius 3 is 3.04 bits per heavy atom. The van der Waals surface area contributed by atoms with Gasteiger partial charge in [0, 0.05) is 5.75 Å². The number of carbonyl (C=O) groups is 1. The van der Waals surface area contributed by atoms with Crippen molar-refractivity contribution in [2.75, 3.05) is 24.8 Å². The minimum absolute atomic E-state index is 0.0596. The number of imidazole rings is 1. The molecule has 0 saturated carbocycles. The van der Waals surface area contributed by atoms with Gasteiger partial charge in [0.1, 0.15) is 11.4 Å². The highest BCUT2D eigenvalue weighted by Crippen LogP contribution is 2.26. The SMILES string of the molecule is COc1ccccc1-n1cncc1C(=O)Nc1nnc(SCCO)s1. The van der Waals surface area contributed by atoms with Crippen molar-refractivity contribution in [3.8, 4) is 11.4 Å². The molecule has 10 heteroatoms. The summed E-state index contributed by atoms with van der Waals surface area (Å²) in [6.45, 7) is 0.0596. The molecule has 0 spiro atoms. The number of hydrogen-bond donors (Lipinski definition) is 2. The van der Waals surface area contributed by atoms with E-state index in [0.717, 1.165) is 0 Å². The molecule has 1 amide bonds. The molecule has 0 aliphatic carbocycles. The Morgan fingerprint density at radius 2 is 2.24 bits per heavy atom. The van der Waals surface area contributed by atoms with Crippen molar-refractivity contribution in [1.82, 2.24) is 19.7 Å². The lowest BCUT2D eigenvalue weighted by molar-refractivity contribution is 0.102. The number of methoxy groups -OCH3 is 1. The number of amides is 1. The van der Waals surface area contributed by atoms with Crippen molar-refractivity contribution in [2.24, 2.45) is 0 Å². The molecule has 0 radical (unpaired) electrons. The van der Waals surface area contributed by atoms with Crippen LogP contribution in [0.4, 0.5) is 5.13 Å². The summed E-state index contributed by atoms with van der Waals surface area (Å²) < 4.78 is 7.67. The van der Waals surface area contributed by atoms with Crippen LogP contribution >= 0.6 is 23.1 Å². The molecule has 1 aromatic carbocycles. The van der Waals surface area contributed by atoms with Crippen LogP contribution in [-0.2, 0) is 0 Å². The quantitative estimate of drug-likeness (QED) is 0.480. The lowest BCUT2D eigenvalue weighted by atomic mass is 10.2. The molecule has 0 bridgehead atoms. The van der Waals surface area contributed by atoms with E-state index in [-0.39, 0.29) is 12.5 Å². The molecule has 8 nitrogen and oxygen atoms in total. The molecule has 2 heterocycles. The molecule has 3 rings (SSSR count). The van der Waals surface area contributed by atoms with Gasteiger partial charge >= 0.3 is 0 Å². The van der Waals surface area contributed by atoms with Crippen LogP contribution in [0.2, 0.25) is 0 Å². The molecule has 2 aromatic heterocycles. The zero-order valence-corrected chi connectivity index (χ0v) is 14.9. The van der Waals surface area contributed by atoms with Crippen molar-refractivity contribution in [3.05, 3.63) is 42.5 Å². The summed E-state index contributed by atoms with van der Waals surface area (Å²) in [6.07, 6.45) is 3.03. The second kappa shape index (κ2) is 8.10. The fourth-order valence-electron chi connectivity index (χ4n) is 2.10. The minimum Gasteiger partial charge on any atom is -0.495 e. The maximum atomic E-state index is 12.6. The largest absolute Gasteiger partial charge is 0.495 e. The fourth-order valence-corrected chi connectivity index (χ4v) is 3.66. The zero-order chi connectivity index (χ0) is 17.6. The standard InChI is InChI=1S/C15H15N5O3S2/c1-23-12-5-3-2-4-10(12)20-9-16-8-11(20)13(22)17-14-18-19-15(25-14)24-7-6-21/h2-5,8-9,21H,6-7H2,1H3,(H,17,18,22). The predicted octanol–water partition coefficient (Wildman–Crippen LogP) is 2.07. The van der Waals surface area contributed by atoms with E-state index in [0.29, 0.717) is 32.4 Å². The second-order valence-electron chi connectivity index (χ2n) is 4.72. The van der Waals surface area contributed by atoms with Crippen LogP contribution in [0.5, 0.6) is 5.75 Å². The number of aliphatic hydroxyl groups is 1. The van der Waals surface area contributed by atoms with E-state index in [9.17, 15) is 4.79 Å². The van der Waals surface area contributed by atoms with Gasteiger partial charge in [-0.15, -0.1) is 10.2 Å². The van der Waals surface area contributed by atoms with E-state index >= 15 is 0 Å². The molecule has 0 atom stereocenters. The summed E-state index contributed by atoms with van der Waals surface area (Å²) in [7, 11) is 1.57.